The number of aromatic nitrogens is 2. The fourth-order valence-electron chi connectivity index (χ4n) is 9.92. The number of hydrogen-bond donors (Lipinski definition) is 0. The van der Waals surface area contributed by atoms with Crippen LogP contribution in [0.3, 0.4) is 0 Å². The lowest BCUT2D eigenvalue weighted by Gasteiger charge is -2.24. The third-order valence-electron chi connectivity index (χ3n) is 12.8. The van der Waals surface area contributed by atoms with Crippen molar-refractivity contribution in [3.8, 4) is 67.0 Å². The number of nitrogens with zero attached hydrogens (tertiary/aromatic N) is 2. The topological polar surface area (TPSA) is 25.8 Å². The van der Waals surface area contributed by atoms with Crippen LogP contribution in [0, 0.1) is 0 Å². The fourth-order valence-corrected chi connectivity index (χ4v) is 9.92. The molecule has 0 bridgehead atoms. The quantitative estimate of drug-likeness (QED) is 0.170. The van der Waals surface area contributed by atoms with Gasteiger partial charge in [0.05, 0.1) is 0 Å². The molecule has 0 radical (unpaired) electrons. The average Bonchev–Trinajstić information content (AvgIpc) is 3.61. The van der Waals surface area contributed by atoms with Gasteiger partial charge < -0.3 is 0 Å². The minimum Gasteiger partial charge on any atom is -0.236 e. The van der Waals surface area contributed by atoms with Gasteiger partial charge >= 0.3 is 0 Å². The minimum absolute atomic E-state index is 0.0985. The Labute approximate surface area is 328 Å². The molecule has 1 aromatic heterocycles. The molecule has 2 nitrogen and oxygen atoms in total. The van der Waals surface area contributed by atoms with Crippen LogP contribution >= 0.6 is 0 Å². The van der Waals surface area contributed by atoms with E-state index in [1.165, 1.54) is 88.3 Å². The summed E-state index contributed by atoms with van der Waals surface area (Å²) in [7, 11) is 0. The lowest BCUT2D eigenvalue weighted by molar-refractivity contribution is 0.660. The lowest BCUT2D eigenvalue weighted by atomic mass is 9.79. The van der Waals surface area contributed by atoms with E-state index in [2.05, 4.69) is 179 Å². The van der Waals surface area contributed by atoms with Crippen molar-refractivity contribution in [1.82, 2.24) is 9.97 Å². The molecule has 2 aliphatic carbocycles. The Morgan fingerprint density at radius 2 is 0.768 bits per heavy atom. The first-order chi connectivity index (χ1) is 27.3. The van der Waals surface area contributed by atoms with Crippen LogP contribution in [0.2, 0.25) is 0 Å². The molecule has 0 N–H and O–H groups in total. The molecule has 0 saturated heterocycles. The summed E-state index contributed by atoms with van der Waals surface area (Å²) in [4.78, 5) is 9.86. The summed E-state index contributed by atoms with van der Waals surface area (Å²) in [6, 6.07) is 58.3. The maximum Gasteiger partial charge on any atom is 0.159 e. The summed E-state index contributed by atoms with van der Waals surface area (Å²) < 4.78 is 0. The van der Waals surface area contributed by atoms with Crippen molar-refractivity contribution in [3.05, 3.63) is 192 Å². The van der Waals surface area contributed by atoms with E-state index in [-0.39, 0.29) is 10.8 Å². The molecule has 0 saturated carbocycles. The Morgan fingerprint density at radius 1 is 0.321 bits per heavy atom. The number of benzene rings is 8. The molecule has 2 aliphatic rings. The highest BCUT2D eigenvalue weighted by molar-refractivity contribution is 6.22. The lowest BCUT2D eigenvalue weighted by Crippen LogP contribution is -2.15. The molecule has 9 aromatic rings. The summed E-state index contributed by atoms with van der Waals surface area (Å²) in [5, 5.41) is 4.91. The zero-order valence-electron chi connectivity index (χ0n) is 32.1. The zero-order valence-corrected chi connectivity index (χ0v) is 32.1. The second kappa shape index (κ2) is 11.9. The monoisotopic (exact) mass is 716 g/mol. The van der Waals surface area contributed by atoms with Crippen LogP contribution in [-0.2, 0) is 10.8 Å². The van der Waals surface area contributed by atoms with Gasteiger partial charge in [-0.1, -0.05) is 167 Å². The predicted octanol–water partition coefficient (Wildman–Crippen LogP) is 14.1. The highest BCUT2D eigenvalue weighted by Gasteiger charge is 2.37. The third kappa shape index (κ3) is 4.69. The highest BCUT2D eigenvalue weighted by atomic mass is 14.9. The maximum atomic E-state index is 4.93. The SMILES string of the molecule is CC1(C)c2ccccc2-c2ccc(-c3c4ccccc4c(-c4ccc5c(c4)C(C)(C)c4ccccc4-5)c4cc(-c5ncc(-c6ccccc6)cn5)ccc34)cc21. The Morgan fingerprint density at radius 3 is 1.34 bits per heavy atom. The molecule has 0 unspecified atom stereocenters. The van der Waals surface area contributed by atoms with Gasteiger partial charge in [-0.25, -0.2) is 9.97 Å². The van der Waals surface area contributed by atoms with Gasteiger partial charge in [0, 0.05) is 34.4 Å². The highest BCUT2D eigenvalue weighted by Crippen LogP contribution is 2.53. The summed E-state index contributed by atoms with van der Waals surface area (Å²) in [6.45, 7) is 9.46. The zero-order chi connectivity index (χ0) is 37.8. The fraction of sp³-hybridized carbons (Fsp3) is 0.111. The standard InChI is InChI=1S/C54H40N2/c1-53(2)46-20-12-10-16-38(46)40-25-22-34(29-48(40)53)50-42-18-8-9-19-43(42)51(35-23-26-41-39-17-11-13-21-47(39)54(3,4)49(41)30-35)45-28-36(24-27-44(45)50)52-55-31-37(32-56-52)33-14-6-5-7-15-33/h5-32H,1-4H3. The van der Waals surface area contributed by atoms with E-state index >= 15 is 0 Å². The first-order valence-electron chi connectivity index (χ1n) is 19.6. The molecule has 0 spiro atoms. The van der Waals surface area contributed by atoms with Crippen LogP contribution < -0.4 is 0 Å². The van der Waals surface area contributed by atoms with Crippen molar-refractivity contribution >= 4 is 21.5 Å². The van der Waals surface area contributed by atoms with Crippen molar-refractivity contribution in [3.63, 3.8) is 0 Å². The summed E-state index contributed by atoms with van der Waals surface area (Å²) >= 11 is 0. The molecule has 11 rings (SSSR count). The summed E-state index contributed by atoms with van der Waals surface area (Å²) in [5.74, 6) is 0.717. The Hall–Kier alpha value is -6.64. The third-order valence-corrected chi connectivity index (χ3v) is 12.8. The molecule has 0 fully saturated rings. The van der Waals surface area contributed by atoms with Crippen LogP contribution in [0.1, 0.15) is 49.9 Å². The first kappa shape index (κ1) is 32.8. The van der Waals surface area contributed by atoms with Crippen LogP contribution in [-0.4, -0.2) is 9.97 Å². The Bertz CT molecular complexity index is 3060. The van der Waals surface area contributed by atoms with E-state index < -0.39 is 0 Å². The van der Waals surface area contributed by atoms with Gasteiger partial charge in [0.15, 0.2) is 5.82 Å². The van der Waals surface area contributed by atoms with Gasteiger partial charge in [-0.05, 0) is 112 Å². The summed E-state index contributed by atoms with van der Waals surface area (Å²) in [6.07, 6.45) is 3.89. The van der Waals surface area contributed by atoms with E-state index in [9.17, 15) is 0 Å². The second-order valence-electron chi connectivity index (χ2n) is 16.6. The molecular weight excluding hydrogens is 677 g/mol. The van der Waals surface area contributed by atoms with Crippen molar-refractivity contribution in [1.29, 1.82) is 0 Å². The molecule has 0 aliphatic heterocycles. The summed E-state index contributed by atoms with van der Waals surface area (Å²) in [5.41, 5.74) is 18.7. The molecular formula is C54H40N2. The minimum atomic E-state index is -0.109. The normalized spacial score (nSPS) is 14.4. The van der Waals surface area contributed by atoms with Crippen molar-refractivity contribution in [2.24, 2.45) is 0 Å². The van der Waals surface area contributed by atoms with Gasteiger partial charge in [0.25, 0.3) is 0 Å². The van der Waals surface area contributed by atoms with Gasteiger partial charge in [-0.2, -0.15) is 0 Å². The van der Waals surface area contributed by atoms with Crippen molar-refractivity contribution < 1.29 is 0 Å². The predicted molar refractivity (Wildman–Crippen MR) is 234 cm³/mol. The van der Waals surface area contributed by atoms with E-state index in [0.29, 0.717) is 0 Å². The van der Waals surface area contributed by atoms with Crippen LogP contribution in [0.25, 0.3) is 88.6 Å². The number of hydrogen-bond acceptors (Lipinski definition) is 2. The molecule has 8 aromatic carbocycles. The van der Waals surface area contributed by atoms with E-state index in [0.717, 1.165) is 22.5 Å². The van der Waals surface area contributed by atoms with Crippen LogP contribution in [0.4, 0.5) is 0 Å². The molecule has 2 heteroatoms. The van der Waals surface area contributed by atoms with Gasteiger partial charge in [0.2, 0.25) is 0 Å². The molecule has 266 valence electrons. The van der Waals surface area contributed by atoms with Gasteiger partial charge in [0.1, 0.15) is 0 Å². The Balaban J connectivity index is 1.17. The maximum absolute atomic E-state index is 4.93. The van der Waals surface area contributed by atoms with Gasteiger partial charge in [-0.3, -0.25) is 0 Å². The second-order valence-corrected chi connectivity index (χ2v) is 16.6. The molecule has 0 amide bonds. The Kier molecular flexibility index (Phi) is 6.98. The van der Waals surface area contributed by atoms with Crippen LogP contribution in [0.5, 0.6) is 0 Å². The van der Waals surface area contributed by atoms with E-state index in [1.807, 2.05) is 18.5 Å². The van der Waals surface area contributed by atoms with Crippen molar-refractivity contribution in [2.45, 2.75) is 38.5 Å². The number of fused-ring (bicyclic) bond motifs is 8. The molecule has 56 heavy (non-hydrogen) atoms. The first-order valence-corrected chi connectivity index (χ1v) is 19.6. The average molecular weight is 717 g/mol. The van der Waals surface area contributed by atoms with Crippen LogP contribution in [0.15, 0.2) is 170 Å². The molecule has 0 atom stereocenters. The largest absolute Gasteiger partial charge is 0.236 e. The number of rotatable bonds is 4. The van der Waals surface area contributed by atoms with Gasteiger partial charge in [-0.15, -0.1) is 0 Å². The smallest absolute Gasteiger partial charge is 0.159 e. The van der Waals surface area contributed by atoms with E-state index in [1.54, 1.807) is 0 Å². The van der Waals surface area contributed by atoms with Crippen molar-refractivity contribution in [2.75, 3.05) is 0 Å². The van der Waals surface area contributed by atoms with E-state index in [4.69, 9.17) is 9.97 Å². The molecule has 1 heterocycles.